The standard InChI is InChI=1S/C13H16F4N2.2ClH/c14-11-4-2-1-3-10(11)12(9-13(15,16)17)19-7-5-18-6-8-19;;/h1-4,12,18H,5-9H2;2*1H/t12-;;/m0../s1. The Morgan fingerprint density at radius 3 is 2.19 bits per heavy atom. The summed E-state index contributed by atoms with van der Waals surface area (Å²) in [5.74, 6) is -0.574. The molecule has 1 atom stereocenters. The van der Waals surface area contributed by atoms with Crippen LogP contribution in [-0.4, -0.2) is 37.3 Å². The summed E-state index contributed by atoms with van der Waals surface area (Å²) >= 11 is 0. The van der Waals surface area contributed by atoms with Gasteiger partial charge in [-0.25, -0.2) is 4.39 Å². The Balaban J connectivity index is 0.00000200. The van der Waals surface area contributed by atoms with Crippen LogP contribution in [0.3, 0.4) is 0 Å². The van der Waals surface area contributed by atoms with Crippen molar-refractivity contribution in [3.63, 3.8) is 0 Å². The van der Waals surface area contributed by atoms with Gasteiger partial charge in [0.1, 0.15) is 5.82 Å². The van der Waals surface area contributed by atoms with E-state index in [0.29, 0.717) is 26.2 Å². The van der Waals surface area contributed by atoms with Crippen molar-refractivity contribution >= 4 is 24.8 Å². The summed E-state index contributed by atoms with van der Waals surface area (Å²) in [6.45, 7) is 2.25. The van der Waals surface area contributed by atoms with E-state index in [1.165, 1.54) is 18.2 Å². The summed E-state index contributed by atoms with van der Waals surface area (Å²) in [5.41, 5.74) is 0.127. The second-order valence-corrected chi connectivity index (χ2v) is 4.64. The fraction of sp³-hybridized carbons (Fsp3) is 0.538. The van der Waals surface area contributed by atoms with Gasteiger partial charge in [0.2, 0.25) is 0 Å². The SMILES string of the molecule is Cl.Cl.Fc1ccccc1[C@H](CC(F)(F)F)N1CCNCC1. The number of rotatable bonds is 3. The van der Waals surface area contributed by atoms with E-state index >= 15 is 0 Å². The number of halogens is 6. The van der Waals surface area contributed by atoms with Gasteiger partial charge in [-0.2, -0.15) is 13.2 Å². The summed E-state index contributed by atoms with van der Waals surface area (Å²) < 4.78 is 51.9. The van der Waals surface area contributed by atoms with Crippen LogP contribution in [0, 0.1) is 5.82 Å². The Morgan fingerprint density at radius 2 is 1.67 bits per heavy atom. The smallest absolute Gasteiger partial charge is 0.314 e. The normalized spacial score (nSPS) is 17.5. The highest BCUT2D eigenvalue weighted by Crippen LogP contribution is 2.34. The van der Waals surface area contributed by atoms with E-state index in [4.69, 9.17) is 0 Å². The Bertz CT molecular complexity index is 423. The number of hydrogen-bond donors (Lipinski definition) is 1. The molecular formula is C13H18Cl2F4N2. The predicted molar refractivity (Wildman–Crippen MR) is 78.8 cm³/mol. The number of hydrogen-bond acceptors (Lipinski definition) is 2. The average Bonchev–Trinajstić information content (AvgIpc) is 2.37. The number of nitrogens with zero attached hydrogens (tertiary/aromatic N) is 1. The van der Waals surface area contributed by atoms with Gasteiger partial charge in [-0.05, 0) is 6.07 Å². The van der Waals surface area contributed by atoms with Crippen LogP contribution in [0.1, 0.15) is 18.0 Å². The monoisotopic (exact) mass is 348 g/mol. The van der Waals surface area contributed by atoms with Gasteiger partial charge in [-0.3, -0.25) is 4.90 Å². The summed E-state index contributed by atoms with van der Waals surface area (Å²) in [4.78, 5) is 1.70. The van der Waals surface area contributed by atoms with Crippen LogP contribution in [0.2, 0.25) is 0 Å². The van der Waals surface area contributed by atoms with Crippen LogP contribution in [0.4, 0.5) is 17.6 Å². The van der Waals surface area contributed by atoms with Crippen LogP contribution >= 0.6 is 24.8 Å². The molecule has 8 heteroatoms. The molecular weight excluding hydrogens is 331 g/mol. The van der Waals surface area contributed by atoms with E-state index in [-0.39, 0.29) is 30.4 Å². The maximum atomic E-state index is 13.8. The van der Waals surface area contributed by atoms with Crippen molar-refractivity contribution in [2.24, 2.45) is 0 Å². The minimum Gasteiger partial charge on any atom is -0.314 e. The van der Waals surface area contributed by atoms with Gasteiger partial charge in [0.05, 0.1) is 6.42 Å². The van der Waals surface area contributed by atoms with Gasteiger partial charge >= 0.3 is 6.18 Å². The fourth-order valence-electron chi connectivity index (χ4n) is 2.39. The second-order valence-electron chi connectivity index (χ2n) is 4.64. The van der Waals surface area contributed by atoms with Gasteiger partial charge in [0.25, 0.3) is 0 Å². The fourth-order valence-corrected chi connectivity index (χ4v) is 2.39. The summed E-state index contributed by atoms with van der Waals surface area (Å²) in [6.07, 6.45) is -5.33. The molecule has 0 saturated carbocycles. The quantitative estimate of drug-likeness (QED) is 0.840. The van der Waals surface area contributed by atoms with Crippen LogP contribution in [0.15, 0.2) is 24.3 Å². The summed E-state index contributed by atoms with van der Waals surface area (Å²) in [7, 11) is 0. The molecule has 1 fully saturated rings. The van der Waals surface area contributed by atoms with E-state index in [9.17, 15) is 17.6 Å². The molecule has 0 amide bonds. The molecule has 0 radical (unpaired) electrons. The van der Waals surface area contributed by atoms with E-state index in [1.807, 2.05) is 0 Å². The molecule has 2 rings (SSSR count). The van der Waals surface area contributed by atoms with Gasteiger partial charge in [0.15, 0.2) is 0 Å². The molecule has 0 aromatic heterocycles. The van der Waals surface area contributed by atoms with Gasteiger partial charge in [-0.1, -0.05) is 18.2 Å². The zero-order valence-electron chi connectivity index (χ0n) is 11.2. The minimum absolute atomic E-state index is 0. The lowest BCUT2D eigenvalue weighted by Gasteiger charge is -2.35. The average molecular weight is 349 g/mol. The minimum atomic E-state index is -4.31. The lowest BCUT2D eigenvalue weighted by molar-refractivity contribution is -0.149. The molecule has 1 heterocycles. The zero-order valence-corrected chi connectivity index (χ0v) is 12.8. The second kappa shape index (κ2) is 8.78. The lowest BCUT2D eigenvalue weighted by Crippen LogP contribution is -2.46. The zero-order chi connectivity index (χ0) is 13.9. The van der Waals surface area contributed by atoms with Gasteiger partial charge < -0.3 is 5.32 Å². The van der Waals surface area contributed by atoms with Crippen LogP contribution in [-0.2, 0) is 0 Å². The van der Waals surface area contributed by atoms with Gasteiger partial charge in [0, 0.05) is 37.8 Å². The van der Waals surface area contributed by atoms with E-state index in [1.54, 1.807) is 11.0 Å². The maximum absolute atomic E-state index is 13.8. The first kappa shape index (κ1) is 20.4. The van der Waals surface area contributed by atoms with Crippen LogP contribution in [0.25, 0.3) is 0 Å². The molecule has 122 valence electrons. The van der Waals surface area contributed by atoms with Crippen LogP contribution in [0.5, 0.6) is 0 Å². The Morgan fingerprint density at radius 1 is 1.10 bits per heavy atom. The third-order valence-corrected chi connectivity index (χ3v) is 3.28. The lowest BCUT2D eigenvalue weighted by atomic mass is 10.0. The first-order valence-corrected chi connectivity index (χ1v) is 6.23. The van der Waals surface area contributed by atoms with Crippen molar-refractivity contribution in [1.29, 1.82) is 0 Å². The number of benzene rings is 1. The third kappa shape index (κ3) is 5.98. The Kier molecular flexibility index (Phi) is 8.54. The van der Waals surface area contributed by atoms with Crippen molar-refractivity contribution < 1.29 is 17.6 Å². The molecule has 21 heavy (non-hydrogen) atoms. The van der Waals surface area contributed by atoms with Crippen molar-refractivity contribution in [2.45, 2.75) is 18.6 Å². The van der Waals surface area contributed by atoms with Crippen molar-refractivity contribution in [3.8, 4) is 0 Å². The first-order valence-electron chi connectivity index (χ1n) is 6.23. The highest BCUT2D eigenvalue weighted by atomic mass is 35.5. The van der Waals surface area contributed by atoms with E-state index < -0.39 is 24.5 Å². The third-order valence-electron chi connectivity index (χ3n) is 3.28. The predicted octanol–water partition coefficient (Wildman–Crippen LogP) is 3.57. The van der Waals surface area contributed by atoms with Crippen molar-refractivity contribution in [2.75, 3.05) is 26.2 Å². The molecule has 0 unspecified atom stereocenters. The largest absolute Gasteiger partial charge is 0.390 e. The van der Waals surface area contributed by atoms with Crippen molar-refractivity contribution in [3.05, 3.63) is 35.6 Å². The maximum Gasteiger partial charge on any atom is 0.390 e. The highest BCUT2D eigenvalue weighted by Gasteiger charge is 2.36. The highest BCUT2D eigenvalue weighted by molar-refractivity contribution is 5.85. The molecule has 2 nitrogen and oxygen atoms in total. The molecule has 0 aliphatic carbocycles. The first-order chi connectivity index (χ1) is 8.97. The molecule has 0 spiro atoms. The number of piperazine rings is 1. The molecule has 1 aromatic rings. The molecule has 0 bridgehead atoms. The number of alkyl halides is 3. The Labute approximate surface area is 133 Å². The molecule has 1 saturated heterocycles. The van der Waals surface area contributed by atoms with Crippen molar-refractivity contribution in [1.82, 2.24) is 10.2 Å². The van der Waals surface area contributed by atoms with Crippen LogP contribution < -0.4 is 5.32 Å². The summed E-state index contributed by atoms with van der Waals surface area (Å²) in [6, 6.07) is 4.77. The summed E-state index contributed by atoms with van der Waals surface area (Å²) in [5, 5.41) is 3.08. The van der Waals surface area contributed by atoms with E-state index in [0.717, 1.165) is 0 Å². The number of nitrogens with one attached hydrogen (secondary N) is 1. The molecule has 1 aliphatic heterocycles. The van der Waals surface area contributed by atoms with Gasteiger partial charge in [-0.15, -0.1) is 24.8 Å². The molecule has 1 N–H and O–H groups in total. The molecule has 1 aliphatic rings. The topological polar surface area (TPSA) is 15.3 Å². The Hall–Kier alpha value is -0.560. The molecule has 1 aromatic carbocycles. The van der Waals surface area contributed by atoms with E-state index in [2.05, 4.69) is 5.32 Å².